The van der Waals surface area contributed by atoms with Crippen molar-refractivity contribution in [2.45, 2.75) is 13.0 Å². The molecule has 0 amide bonds. The van der Waals surface area contributed by atoms with Crippen LogP contribution in [-0.2, 0) is 0 Å². The Bertz CT molecular complexity index is 591. The minimum absolute atomic E-state index is 0.373. The number of piperazine rings is 1. The van der Waals surface area contributed by atoms with Gasteiger partial charge in [-0.05, 0) is 23.8 Å². The Morgan fingerprint density at radius 3 is 2.60 bits per heavy atom. The van der Waals surface area contributed by atoms with E-state index in [1.807, 2.05) is 0 Å². The van der Waals surface area contributed by atoms with Crippen LogP contribution in [0.15, 0.2) is 36.4 Å². The van der Waals surface area contributed by atoms with Crippen LogP contribution in [0.2, 0.25) is 0 Å². The third kappa shape index (κ3) is 2.39. The SMILES string of the molecule is COc1ccc2ccccc2c1[C@@H](C)N1CCNCC1. The molecular weight excluding hydrogens is 248 g/mol. The zero-order valence-corrected chi connectivity index (χ0v) is 12.2. The molecule has 0 spiro atoms. The highest BCUT2D eigenvalue weighted by atomic mass is 16.5. The molecule has 0 aliphatic carbocycles. The van der Waals surface area contributed by atoms with Crippen LogP contribution in [0.1, 0.15) is 18.5 Å². The fraction of sp³-hybridized carbons (Fsp3) is 0.412. The fourth-order valence-electron chi connectivity index (χ4n) is 3.14. The molecule has 0 saturated carbocycles. The van der Waals surface area contributed by atoms with E-state index in [1.54, 1.807) is 7.11 Å². The molecule has 3 heteroatoms. The summed E-state index contributed by atoms with van der Waals surface area (Å²) < 4.78 is 5.62. The molecule has 0 radical (unpaired) electrons. The molecule has 0 unspecified atom stereocenters. The van der Waals surface area contributed by atoms with Gasteiger partial charge >= 0.3 is 0 Å². The van der Waals surface area contributed by atoms with Crippen molar-refractivity contribution >= 4 is 10.8 Å². The summed E-state index contributed by atoms with van der Waals surface area (Å²) in [7, 11) is 1.76. The summed E-state index contributed by atoms with van der Waals surface area (Å²) in [5, 5.41) is 6.00. The quantitative estimate of drug-likeness (QED) is 0.928. The zero-order chi connectivity index (χ0) is 13.9. The van der Waals surface area contributed by atoms with E-state index in [4.69, 9.17) is 4.74 Å². The first-order valence-corrected chi connectivity index (χ1v) is 7.31. The maximum absolute atomic E-state index is 5.62. The normalized spacial score (nSPS) is 18.1. The zero-order valence-electron chi connectivity index (χ0n) is 12.2. The Morgan fingerprint density at radius 2 is 1.85 bits per heavy atom. The summed E-state index contributed by atoms with van der Waals surface area (Å²) in [6, 6.07) is 13.2. The first-order valence-electron chi connectivity index (χ1n) is 7.31. The van der Waals surface area contributed by atoms with Gasteiger partial charge in [-0.25, -0.2) is 0 Å². The van der Waals surface area contributed by atoms with E-state index in [-0.39, 0.29) is 0 Å². The lowest BCUT2D eigenvalue weighted by molar-refractivity contribution is 0.183. The number of fused-ring (bicyclic) bond motifs is 1. The second-order valence-electron chi connectivity index (χ2n) is 5.36. The fourth-order valence-corrected chi connectivity index (χ4v) is 3.14. The first kappa shape index (κ1) is 13.4. The van der Waals surface area contributed by atoms with Crippen LogP contribution in [0.5, 0.6) is 5.75 Å². The van der Waals surface area contributed by atoms with Gasteiger partial charge in [0.25, 0.3) is 0 Å². The van der Waals surface area contributed by atoms with Gasteiger partial charge in [-0.3, -0.25) is 4.90 Å². The van der Waals surface area contributed by atoms with E-state index in [2.05, 4.69) is 53.5 Å². The maximum Gasteiger partial charge on any atom is 0.124 e. The first-order chi connectivity index (χ1) is 9.81. The molecule has 1 N–H and O–H groups in total. The van der Waals surface area contributed by atoms with E-state index in [0.29, 0.717) is 6.04 Å². The van der Waals surface area contributed by atoms with Gasteiger partial charge in [-0.15, -0.1) is 0 Å². The molecule has 3 nitrogen and oxygen atoms in total. The van der Waals surface area contributed by atoms with Crippen molar-refractivity contribution in [3.8, 4) is 5.75 Å². The Balaban J connectivity index is 2.07. The van der Waals surface area contributed by atoms with Gasteiger partial charge in [0, 0.05) is 37.8 Å². The minimum atomic E-state index is 0.373. The standard InChI is InChI=1S/C17H22N2O/c1-13(19-11-9-18-10-12-19)17-15-6-4-3-5-14(15)7-8-16(17)20-2/h3-8,13,18H,9-12H2,1-2H3/t13-/m1/s1. The van der Waals surface area contributed by atoms with Crippen molar-refractivity contribution in [2.24, 2.45) is 0 Å². The molecule has 1 aliphatic rings. The molecule has 3 rings (SSSR count). The van der Waals surface area contributed by atoms with E-state index in [9.17, 15) is 0 Å². The molecular formula is C17H22N2O. The van der Waals surface area contributed by atoms with Crippen LogP contribution in [0.4, 0.5) is 0 Å². The molecule has 1 fully saturated rings. The van der Waals surface area contributed by atoms with Crippen LogP contribution in [0, 0.1) is 0 Å². The second kappa shape index (κ2) is 5.81. The van der Waals surface area contributed by atoms with Crippen molar-refractivity contribution < 1.29 is 4.74 Å². The van der Waals surface area contributed by atoms with Gasteiger partial charge in [-0.1, -0.05) is 30.3 Å². The van der Waals surface area contributed by atoms with Gasteiger partial charge in [-0.2, -0.15) is 0 Å². The molecule has 106 valence electrons. The Morgan fingerprint density at radius 1 is 1.10 bits per heavy atom. The largest absolute Gasteiger partial charge is 0.496 e. The van der Waals surface area contributed by atoms with E-state index in [1.165, 1.54) is 16.3 Å². The predicted molar refractivity (Wildman–Crippen MR) is 83.4 cm³/mol. The maximum atomic E-state index is 5.62. The number of hydrogen-bond donors (Lipinski definition) is 1. The minimum Gasteiger partial charge on any atom is -0.496 e. The molecule has 2 aromatic carbocycles. The summed E-state index contributed by atoms with van der Waals surface area (Å²) in [5.41, 5.74) is 1.31. The number of ether oxygens (including phenoxy) is 1. The highest BCUT2D eigenvalue weighted by molar-refractivity contribution is 5.88. The molecule has 0 bridgehead atoms. The van der Waals surface area contributed by atoms with Crippen LogP contribution in [0.3, 0.4) is 0 Å². The molecule has 1 atom stereocenters. The topological polar surface area (TPSA) is 24.5 Å². The summed E-state index contributed by atoms with van der Waals surface area (Å²) in [5.74, 6) is 0.995. The monoisotopic (exact) mass is 270 g/mol. The Kier molecular flexibility index (Phi) is 3.90. The highest BCUT2D eigenvalue weighted by Gasteiger charge is 2.22. The van der Waals surface area contributed by atoms with Crippen LogP contribution in [0.25, 0.3) is 10.8 Å². The summed E-state index contributed by atoms with van der Waals surface area (Å²) in [6.07, 6.45) is 0. The third-order valence-corrected chi connectivity index (χ3v) is 4.27. The molecule has 1 aliphatic heterocycles. The van der Waals surface area contributed by atoms with Crippen molar-refractivity contribution in [3.63, 3.8) is 0 Å². The van der Waals surface area contributed by atoms with Crippen LogP contribution < -0.4 is 10.1 Å². The highest BCUT2D eigenvalue weighted by Crippen LogP contribution is 2.35. The van der Waals surface area contributed by atoms with Crippen LogP contribution >= 0.6 is 0 Å². The average Bonchev–Trinajstić information content (AvgIpc) is 2.54. The number of nitrogens with zero attached hydrogens (tertiary/aromatic N) is 1. The van der Waals surface area contributed by atoms with E-state index < -0.39 is 0 Å². The van der Waals surface area contributed by atoms with Gasteiger partial charge in [0.1, 0.15) is 5.75 Å². The summed E-state index contributed by atoms with van der Waals surface area (Å²) in [6.45, 7) is 6.60. The molecule has 1 saturated heterocycles. The predicted octanol–water partition coefficient (Wildman–Crippen LogP) is 2.81. The van der Waals surface area contributed by atoms with Crippen molar-refractivity contribution in [1.82, 2.24) is 10.2 Å². The molecule has 20 heavy (non-hydrogen) atoms. The average molecular weight is 270 g/mol. The van der Waals surface area contributed by atoms with E-state index >= 15 is 0 Å². The Labute approximate surface area is 120 Å². The lowest BCUT2D eigenvalue weighted by atomic mass is 9.97. The van der Waals surface area contributed by atoms with Crippen molar-refractivity contribution in [2.75, 3.05) is 33.3 Å². The number of rotatable bonds is 3. The van der Waals surface area contributed by atoms with Gasteiger partial charge in [0.2, 0.25) is 0 Å². The van der Waals surface area contributed by atoms with Gasteiger partial charge in [0.15, 0.2) is 0 Å². The number of methoxy groups -OCH3 is 1. The summed E-state index contributed by atoms with van der Waals surface area (Å²) in [4.78, 5) is 2.53. The Hall–Kier alpha value is -1.58. The molecule has 0 aromatic heterocycles. The van der Waals surface area contributed by atoms with Gasteiger partial charge in [0.05, 0.1) is 7.11 Å². The number of hydrogen-bond acceptors (Lipinski definition) is 3. The number of benzene rings is 2. The second-order valence-corrected chi connectivity index (χ2v) is 5.36. The number of nitrogens with one attached hydrogen (secondary N) is 1. The van der Waals surface area contributed by atoms with Gasteiger partial charge < -0.3 is 10.1 Å². The lowest BCUT2D eigenvalue weighted by Gasteiger charge is -2.34. The molecule has 2 aromatic rings. The smallest absolute Gasteiger partial charge is 0.124 e. The van der Waals surface area contributed by atoms with Crippen LogP contribution in [-0.4, -0.2) is 38.2 Å². The van der Waals surface area contributed by atoms with Crippen molar-refractivity contribution in [1.29, 1.82) is 0 Å². The van der Waals surface area contributed by atoms with E-state index in [0.717, 1.165) is 31.9 Å². The molecule has 1 heterocycles. The lowest BCUT2D eigenvalue weighted by Crippen LogP contribution is -2.44. The summed E-state index contributed by atoms with van der Waals surface area (Å²) >= 11 is 0. The van der Waals surface area contributed by atoms with Crippen molar-refractivity contribution in [3.05, 3.63) is 42.0 Å². The third-order valence-electron chi connectivity index (χ3n) is 4.27.